The molecule has 136 valence electrons. The number of rotatable bonds is 7. The Morgan fingerprint density at radius 3 is 2.88 bits per heavy atom. The van der Waals surface area contributed by atoms with E-state index in [9.17, 15) is 0 Å². The zero-order valence-corrected chi connectivity index (χ0v) is 15.7. The summed E-state index contributed by atoms with van der Waals surface area (Å²) in [5, 5.41) is 8.52. The van der Waals surface area contributed by atoms with Crippen LogP contribution in [0.3, 0.4) is 0 Å². The quantitative estimate of drug-likeness (QED) is 0.490. The Hall–Kier alpha value is -2.80. The minimum atomic E-state index is 0.526. The number of nitrogens with zero attached hydrogens (tertiary/aromatic N) is 2. The molecule has 0 aliphatic carbocycles. The molecule has 0 amide bonds. The Morgan fingerprint density at radius 1 is 1.23 bits per heavy atom. The van der Waals surface area contributed by atoms with Crippen LogP contribution < -0.4 is 15.4 Å². The predicted molar refractivity (Wildman–Crippen MR) is 104 cm³/mol. The number of methoxy groups -OCH3 is 1. The van der Waals surface area contributed by atoms with Crippen LogP contribution in [0.4, 0.5) is 0 Å². The predicted octanol–water partition coefficient (Wildman–Crippen LogP) is 3.67. The fourth-order valence-corrected chi connectivity index (χ4v) is 3.07. The summed E-state index contributed by atoms with van der Waals surface area (Å²) in [6.45, 7) is 3.87. The van der Waals surface area contributed by atoms with Crippen LogP contribution in [-0.4, -0.2) is 24.6 Å². The van der Waals surface area contributed by atoms with E-state index in [0.717, 1.165) is 34.4 Å². The number of ether oxygens (including phenoxy) is 1. The minimum absolute atomic E-state index is 0.526. The number of guanidine groups is 1. The second kappa shape index (κ2) is 9.05. The third-order valence-corrected chi connectivity index (χ3v) is 4.52. The zero-order valence-electron chi connectivity index (χ0n) is 14.9. The van der Waals surface area contributed by atoms with Crippen LogP contribution in [0.5, 0.6) is 5.75 Å². The Balaban J connectivity index is 1.63. The summed E-state index contributed by atoms with van der Waals surface area (Å²) in [5.74, 6) is 2.20. The highest BCUT2D eigenvalue weighted by Crippen LogP contribution is 2.23. The van der Waals surface area contributed by atoms with E-state index in [2.05, 4.69) is 20.6 Å². The molecule has 7 heteroatoms. The molecule has 1 aromatic carbocycles. The van der Waals surface area contributed by atoms with Crippen LogP contribution in [0.25, 0.3) is 10.8 Å². The fraction of sp³-hybridized carbons (Fsp3) is 0.263. The first-order chi connectivity index (χ1) is 12.8. The molecular weight excluding hydrogens is 348 g/mol. The summed E-state index contributed by atoms with van der Waals surface area (Å²) < 4.78 is 10.9. The van der Waals surface area contributed by atoms with Crippen molar-refractivity contribution in [3.8, 4) is 16.5 Å². The molecule has 0 aliphatic rings. The number of nitrogens with one attached hydrogen (secondary N) is 2. The van der Waals surface area contributed by atoms with Gasteiger partial charge in [0, 0.05) is 12.1 Å². The topological polar surface area (TPSA) is 71.7 Å². The summed E-state index contributed by atoms with van der Waals surface area (Å²) in [6.07, 6.45) is 1.67. The highest BCUT2D eigenvalue weighted by atomic mass is 32.1. The summed E-state index contributed by atoms with van der Waals surface area (Å²) in [5.41, 5.74) is 1.87. The van der Waals surface area contributed by atoms with E-state index in [1.54, 1.807) is 24.7 Å². The van der Waals surface area contributed by atoms with E-state index in [4.69, 9.17) is 9.15 Å². The van der Waals surface area contributed by atoms with E-state index in [1.807, 2.05) is 48.7 Å². The molecule has 0 saturated carbocycles. The van der Waals surface area contributed by atoms with Crippen LogP contribution in [0.1, 0.15) is 18.2 Å². The first-order valence-electron chi connectivity index (χ1n) is 8.42. The molecule has 0 bridgehead atoms. The first kappa shape index (κ1) is 18.0. The average Bonchev–Trinajstić information content (AvgIpc) is 3.35. The fourth-order valence-electron chi connectivity index (χ4n) is 2.42. The number of para-hydroxylation sites is 1. The number of hydrogen-bond acceptors (Lipinski definition) is 5. The van der Waals surface area contributed by atoms with E-state index in [0.29, 0.717) is 19.0 Å². The largest absolute Gasteiger partial charge is 0.496 e. The zero-order chi connectivity index (χ0) is 18.2. The van der Waals surface area contributed by atoms with Crippen molar-refractivity contribution in [2.75, 3.05) is 13.7 Å². The molecule has 0 aliphatic heterocycles. The Morgan fingerprint density at radius 2 is 2.12 bits per heavy atom. The molecule has 0 atom stereocenters. The van der Waals surface area contributed by atoms with Gasteiger partial charge in [0.2, 0.25) is 5.89 Å². The maximum atomic E-state index is 5.54. The standard InChI is InChI=1S/C19H22N4O2S/c1-3-20-19(21-11-14-7-4-5-8-16(14)24-2)22-12-15-13-25-18(23-15)17-9-6-10-26-17/h4-10,13H,3,11-12H2,1-2H3,(H2,20,21,22). The highest BCUT2D eigenvalue weighted by molar-refractivity contribution is 7.13. The van der Waals surface area contributed by atoms with Crippen molar-refractivity contribution in [2.24, 2.45) is 4.99 Å². The lowest BCUT2D eigenvalue weighted by atomic mass is 10.2. The van der Waals surface area contributed by atoms with Gasteiger partial charge in [0.15, 0.2) is 5.96 Å². The third-order valence-electron chi connectivity index (χ3n) is 3.66. The van der Waals surface area contributed by atoms with E-state index in [-0.39, 0.29) is 0 Å². The molecule has 0 spiro atoms. The summed E-state index contributed by atoms with van der Waals surface area (Å²) in [7, 11) is 1.67. The minimum Gasteiger partial charge on any atom is -0.496 e. The molecule has 2 aromatic heterocycles. The third kappa shape index (κ3) is 4.64. The van der Waals surface area contributed by atoms with Crippen LogP contribution in [0.2, 0.25) is 0 Å². The number of hydrogen-bond donors (Lipinski definition) is 2. The normalized spacial score (nSPS) is 11.4. The van der Waals surface area contributed by atoms with Gasteiger partial charge in [-0.25, -0.2) is 9.98 Å². The van der Waals surface area contributed by atoms with Crippen LogP contribution in [0, 0.1) is 0 Å². The molecule has 0 fully saturated rings. The smallest absolute Gasteiger partial charge is 0.236 e. The van der Waals surface area contributed by atoms with Crippen molar-refractivity contribution in [2.45, 2.75) is 20.0 Å². The van der Waals surface area contributed by atoms with Gasteiger partial charge in [0.25, 0.3) is 0 Å². The molecule has 0 unspecified atom stereocenters. The van der Waals surface area contributed by atoms with Crippen LogP contribution in [-0.2, 0) is 13.1 Å². The summed E-state index contributed by atoms with van der Waals surface area (Å²) in [6, 6.07) is 11.9. The van der Waals surface area contributed by atoms with Crippen LogP contribution in [0.15, 0.2) is 57.5 Å². The van der Waals surface area contributed by atoms with Crippen LogP contribution >= 0.6 is 11.3 Å². The van der Waals surface area contributed by atoms with Gasteiger partial charge in [-0.2, -0.15) is 0 Å². The lowest BCUT2D eigenvalue weighted by Crippen LogP contribution is -2.36. The van der Waals surface area contributed by atoms with Crippen molar-refractivity contribution < 1.29 is 9.15 Å². The summed E-state index contributed by atoms with van der Waals surface area (Å²) in [4.78, 5) is 10.2. The monoisotopic (exact) mass is 370 g/mol. The Labute approximate surface area is 156 Å². The van der Waals surface area contributed by atoms with Gasteiger partial charge in [0.05, 0.1) is 30.8 Å². The van der Waals surface area contributed by atoms with Crippen molar-refractivity contribution >= 4 is 17.3 Å². The Kier molecular flexibility index (Phi) is 6.27. The van der Waals surface area contributed by atoms with E-state index < -0.39 is 0 Å². The molecule has 6 nitrogen and oxygen atoms in total. The van der Waals surface area contributed by atoms with Crippen molar-refractivity contribution in [1.82, 2.24) is 15.6 Å². The molecule has 0 saturated heterocycles. The van der Waals surface area contributed by atoms with Gasteiger partial charge < -0.3 is 19.8 Å². The van der Waals surface area contributed by atoms with Gasteiger partial charge in [-0.1, -0.05) is 24.3 Å². The van der Waals surface area contributed by atoms with Gasteiger partial charge in [-0.05, 0) is 24.4 Å². The van der Waals surface area contributed by atoms with Gasteiger partial charge in [-0.3, -0.25) is 0 Å². The molecule has 3 rings (SSSR count). The molecule has 0 radical (unpaired) electrons. The lowest BCUT2D eigenvalue weighted by Gasteiger charge is -2.11. The highest BCUT2D eigenvalue weighted by Gasteiger charge is 2.08. The van der Waals surface area contributed by atoms with Gasteiger partial charge in [0.1, 0.15) is 12.0 Å². The molecule has 2 N–H and O–H groups in total. The van der Waals surface area contributed by atoms with E-state index in [1.165, 1.54) is 0 Å². The second-order valence-corrected chi connectivity index (χ2v) is 6.43. The molecule has 2 heterocycles. The maximum absolute atomic E-state index is 5.54. The van der Waals surface area contributed by atoms with E-state index >= 15 is 0 Å². The SMILES string of the molecule is CCNC(=NCc1ccccc1OC)NCc1coc(-c2cccs2)n1. The maximum Gasteiger partial charge on any atom is 0.236 e. The van der Waals surface area contributed by atoms with Crippen molar-refractivity contribution in [1.29, 1.82) is 0 Å². The number of thiophene rings is 1. The average molecular weight is 370 g/mol. The van der Waals surface area contributed by atoms with Gasteiger partial charge in [-0.15, -0.1) is 11.3 Å². The first-order valence-corrected chi connectivity index (χ1v) is 9.30. The molecule has 26 heavy (non-hydrogen) atoms. The molecular formula is C19H22N4O2S. The second-order valence-electron chi connectivity index (χ2n) is 5.48. The summed E-state index contributed by atoms with van der Waals surface area (Å²) >= 11 is 1.61. The van der Waals surface area contributed by atoms with Gasteiger partial charge >= 0.3 is 0 Å². The number of oxazole rings is 1. The Bertz CT molecular complexity index is 843. The number of benzene rings is 1. The molecule has 3 aromatic rings. The van der Waals surface area contributed by atoms with Crippen molar-refractivity contribution in [3.05, 3.63) is 59.3 Å². The number of aromatic nitrogens is 1. The number of aliphatic imine (C=N–C) groups is 1. The van der Waals surface area contributed by atoms with Crippen molar-refractivity contribution in [3.63, 3.8) is 0 Å². The lowest BCUT2D eigenvalue weighted by molar-refractivity contribution is 0.410.